The molecule has 5 aromatic carbocycles. The highest BCUT2D eigenvalue weighted by Gasteiger charge is 2.20. The van der Waals surface area contributed by atoms with Gasteiger partial charge >= 0.3 is 0 Å². The number of benzene rings is 5. The van der Waals surface area contributed by atoms with E-state index in [1.165, 1.54) is 16.7 Å². The average Bonchev–Trinajstić information content (AvgIpc) is 3.09. The molecule has 1 nitrogen and oxygen atoms in total. The SMILES string of the molecule is C=C/C=C\C(=C)c1cc(N(C2=CCC(c3ccccc3)C=C2)c2ccccc2)ccc1-c1cccc(-c2ccccc2)c1. The first-order valence-electron chi connectivity index (χ1n) is 14.8. The van der Waals surface area contributed by atoms with Crippen molar-refractivity contribution in [3.05, 3.63) is 200 Å². The van der Waals surface area contributed by atoms with Crippen LogP contribution in [0.2, 0.25) is 0 Å². The van der Waals surface area contributed by atoms with Gasteiger partial charge in [0.1, 0.15) is 0 Å². The molecule has 0 radical (unpaired) electrons. The zero-order valence-electron chi connectivity index (χ0n) is 24.3. The van der Waals surface area contributed by atoms with Crippen molar-refractivity contribution >= 4 is 16.9 Å². The maximum absolute atomic E-state index is 4.48. The summed E-state index contributed by atoms with van der Waals surface area (Å²) in [7, 11) is 0. The number of nitrogens with zero attached hydrogens (tertiary/aromatic N) is 1. The van der Waals surface area contributed by atoms with Gasteiger partial charge in [0.05, 0.1) is 0 Å². The Kier molecular flexibility index (Phi) is 8.43. The molecule has 0 saturated carbocycles. The summed E-state index contributed by atoms with van der Waals surface area (Å²) in [5.41, 5.74) is 11.4. The fourth-order valence-electron chi connectivity index (χ4n) is 5.71. The van der Waals surface area contributed by atoms with E-state index in [2.05, 4.69) is 170 Å². The molecule has 0 spiro atoms. The maximum Gasteiger partial charge on any atom is 0.0468 e. The van der Waals surface area contributed by atoms with Crippen molar-refractivity contribution < 1.29 is 0 Å². The third-order valence-corrected chi connectivity index (χ3v) is 7.90. The van der Waals surface area contributed by atoms with Crippen molar-refractivity contribution in [2.75, 3.05) is 4.90 Å². The monoisotopic (exact) mass is 553 g/mol. The molecule has 0 aliphatic heterocycles. The van der Waals surface area contributed by atoms with Crippen molar-refractivity contribution in [3.8, 4) is 22.3 Å². The van der Waals surface area contributed by atoms with Gasteiger partial charge in [0.2, 0.25) is 0 Å². The van der Waals surface area contributed by atoms with Crippen LogP contribution in [0.25, 0.3) is 27.8 Å². The van der Waals surface area contributed by atoms with Crippen LogP contribution in [0.3, 0.4) is 0 Å². The van der Waals surface area contributed by atoms with E-state index >= 15 is 0 Å². The molecular formula is C42H35N. The van der Waals surface area contributed by atoms with Gasteiger partial charge in [-0.05, 0) is 81.8 Å². The highest BCUT2D eigenvalue weighted by Crippen LogP contribution is 2.39. The van der Waals surface area contributed by atoms with Gasteiger partial charge < -0.3 is 4.90 Å². The van der Waals surface area contributed by atoms with E-state index in [0.717, 1.165) is 45.8 Å². The molecule has 0 bridgehead atoms. The van der Waals surface area contributed by atoms with E-state index in [-0.39, 0.29) is 0 Å². The van der Waals surface area contributed by atoms with E-state index in [9.17, 15) is 0 Å². The molecule has 1 aliphatic carbocycles. The standard InChI is InChI=1S/C42H35N/c1-3-4-15-32(2)42-31-40(28-29-41(42)37-21-14-20-36(30-37)34-18-10-6-11-19-34)43(38-22-12-7-13-23-38)39-26-24-35(25-27-39)33-16-8-5-9-17-33/h3-24,26-31,35H,1-2,25H2/b15-4-. The van der Waals surface area contributed by atoms with Crippen molar-refractivity contribution in [1.29, 1.82) is 0 Å². The number of hydrogen-bond acceptors (Lipinski definition) is 1. The first kappa shape index (κ1) is 27.8. The first-order valence-corrected chi connectivity index (χ1v) is 14.8. The number of hydrogen-bond donors (Lipinski definition) is 0. The lowest BCUT2D eigenvalue weighted by molar-refractivity contribution is 0.840. The van der Waals surface area contributed by atoms with Crippen LogP contribution in [0.4, 0.5) is 11.4 Å². The van der Waals surface area contributed by atoms with Gasteiger partial charge in [-0.1, -0.05) is 147 Å². The second-order valence-corrected chi connectivity index (χ2v) is 10.7. The maximum atomic E-state index is 4.48. The van der Waals surface area contributed by atoms with Gasteiger partial charge in [0.15, 0.2) is 0 Å². The zero-order valence-corrected chi connectivity index (χ0v) is 24.3. The van der Waals surface area contributed by atoms with Crippen molar-refractivity contribution in [2.45, 2.75) is 12.3 Å². The number of para-hydroxylation sites is 1. The van der Waals surface area contributed by atoms with Gasteiger partial charge in [-0.3, -0.25) is 0 Å². The van der Waals surface area contributed by atoms with Crippen LogP contribution in [0.5, 0.6) is 0 Å². The fraction of sp³-hybridized carbons (Fsp3) is 0.0476. The van der Waals surface area contributed by atoms with Crippen LogP contribution < -0.4 is 4.90 Å². The Balaban J connectivity index is 1.43. The number of anilines is 2. The minimum absolute atomic E-state index is 0.376. The normalized spacial score (nSPS) is 14.3. The molecule has 1 unspecified atom stereocenters. The molecule has 1 heteroatoms. The summed E-state index contributed by atoms with van der Waals surface area (Å²) >= 11 is 0. The molecule has 6 rings (SSSR count). The predicted molar refractivity (Wildman–Crippen MR) is 185 cm³/mol. The third-order valence-electron chi connectivity index (χ3n) is 7.90. The Morgan fingerprint density at radius 2 is 1.35 bits per heavy atom. The summed E-state index contributed by atoms with van der Waals surface area (Å²) in [6, 6.07) is 47.3. The second kappa shape index (κ2) is 13.1. The molecule has 0 heterocycles. The van der Waals surface area contributed by atoms with Gasteiger partial charge in [0, 0.05) is 23.0 Å². The van der Waals surface area contributed by atoms with Crippen LogP contribution in [-0.4, -0.2) is 0 Å². The van der Waals surface area contributed by atoms with Crippen molar-refractivity contribution in [2.24, 2.45) is 0 Å². The summed E-state index contributed by atoms with van der Waals surface area (Å²) < 4.78 is 0. The summed E-state index contributed by atoms with van der Waals surface area (Å²) in [4.78, 5) is 2.34. The van der Waals surface area contributed by atoms with Gasteiger partial charge in [-0.2, -0.15) is 0 Å². The lowest BCUT2D eigenvalue weighted by Gasteiger charge is -2.30. The van der Waals surface area contributed by atoms with Crippen LogP contribution in [0.1, 0.15) is 23.5 Å². The van der Waals surface area contributed by atoms with Crippen LogP contribution >= 0.6 is 0 Å². The van der Waals surface area contributed by atoms with E-state index in [0.29, 0.717) is 5.92 Å². The first-order chi connectivity index (χ1) is 21.2. The quantitative estimate of drug-likeness (QED) is 0.164. The predicted octanol–water partition coefficient (Wildman–Crippen LogP) is 11.5. The van der Waals surface area contributed by atoms with Crippen LogP contribution in [0.15, 0.2) is 189 Å². The van der Waals surface area contributed by atoms with E-state index in [1.54, 1.807) is 6.08 Å². The molecule has 0 amide bonds. The molecule has 0 N–H and O–H groups in total. The van der Waals surface area contributed by atoms with Crippen molar-refractivity contribution in [1.82, 2.24) is 0 Å². The van der Waals surface area contributed by atoms with E-state index < -0.39 is 0 Å². The minimum Gasteiger partial charge on any atom is -0.311 e. The lowest BCUT2D eigenvalue weighted by atomic mass is 9.90. The summed E-state index contributed by atoms with van der Waals surface area (Å²) in [6.07, 6.45) is 13.7. The molecule has 1 atom stereocenters. The third kappa shape index (κ3) is 6.27. The summed E-state index contributed by atoms with van der Waals surface area (Å²) in [5, 5.41) is 0. The Hall–Kier alpha value is -5.40. The number of rotatable bonds is 9. The Morgan fingerprint density at radius 1 is 0.674 bits per heavy atom. The zero-order chi connectivity index (χ0) is 29.4. The highest BCUT2D eigenvalue weighted by molar-refractivity contribution is 5.89. The van der Waals surface area contributed by atoms with E-state index in [1.807, 2.05) is 12.2 Å². The lowest BCUT2D eigenvalue weighted by Crippen LogP contribution is -2.17. The molecule has 1 aliphatic rings. The topological polar surface area (TPSA) is 3.24 Å². The Labute approximate surface area is 255 Å². The molecule has 0 saturated heterocycles. The van der Waals surface area contributed by atoms with Crippen LogP contribution in [-0.2, 0) is 0 Å². The fourth-order valence-corrected chi connectivity index (χ4v) is 5.71. The average molecular weight is 554 g/mol. The summed E-state index contributed by atoms with van der Waals surface area (Å²) in [5.74, 6) is 0.376. The Bertz CT molecular complexity index is 1810. The molecule has 43 heavy (non-hydrogen) atoms. The number of allylic oxidation sites excluding steroid dienone is 7. The Morgan fingerprint density at radius 3 is 2.05 bits per heavy atom. The second-order valence-electron chi connectivity index (χ2n) is 10.7. The molecular weight excluding hydrogens is 518 g/mol. The van der Waals surface area contributed by atoms with E-state index in [4.69, 9.17) is 0 Å². The van der Waals surface area contributed by atoms with Gasteiger partial charge in [-0.25, -0.2) is 0 Å². The molecule has 5 aromatic rings. The van der Waals surface area contributed by atoms with Crippen LogP contribution in [0, 0.1) is 0 Å². The molecule has 0 aromatic heterocycles. The van der Waals surface area contributed by atoms with Crippen molar-refractivity contribution in [3.63, 3.8) is 0 Å². The molecule has 0 fully saturated rings. The largest absolute Gasteiger partial charge is 0.311 e. The summed E-state index contributed by atoms with van der Waals surface area (Å²) in [6.45, 7) is 8.35. The van der Waals surface area contributed by atoms with Gasteiger partial charge in [-0.15, -0.1) is 0 Å². The smallest absolute Gasteiger partial charge is 0.0468 e. The highest BCUT2D eigenvalue weighted by atomic mass is 15.1. The molecule has 208 valence electrons. The van der Waals surface area contributed by atoms with Gasteiger partial charge in [0.25, 0.3) is 0 Å². The minimum atomic E-state index is 0.376.